The first-order valence-corrected chi connectivity index (χ1v) is 6.24. The fraction of sp³-hybridized carbons (Fsp3) is 0.467. The highest BCUT2D eigenvalue weighted by atomic mass is 14.9. The Labute approximate surface area is 98.6 Å². The average Bonchev–Trinajstić information content (AvgIpc) is 2.34. The Balaban J connectivity index is 2.28. The summed E-state index contributed by atoms with van der Waals surface area (Å²) in [5, 5.41) is 3.46. The first kappa shape index (κ1) is 11.4. The van der Waals surface area contributed by atoms with Gasteiger partial charge in [-0.2, -0.15) is 0 Å². The minimum absolute atomic E-state index is 0.418. The van der Waals surface area contributed by atoms with Crippen LogP contribution in [0.3, 0.4) is 0 Å². The number of likely N-dealkylation sites (N-methyl/N-ethyl adjacent to an activating group) is 1. The van der Waals surface area contributed by atoms with Crippen LogP contribution in [0, 0.1) is 6.92 Å². The van der Waals surface area contributed by atoms with E-state index in [0.717, 1.165) is 0 Å². The number of aryl methyl sites for hydroxylation is 1. The Bertz CT molecular complexity index is 379. The van der Waals surface area contributed by atoms with Gasteiger partial charge in [0.05, 0.1) is 6.04 Å². The summed E-state index contributed by atoms with van der Waals surface area (Å²) in [4.78, 5) is 0. The van der Waals surface area contributed by atoms with Gasteiger partial charge in [-0.3, -0.25) is 0 Å². The van der Waals surface area contributed by atoms with Gasteiger partial charge in [0, 0.05) is 0 Å². The van der Waals surface area contributed by atoms with Gasteiger partial charge in [0.25, 0.3) is 0 Å². The Hall–Kier alpha value is -1.08. The molecule has 0 spiro atoms. The summed E-state index contributed by atoms with van der Waals surface area (Å²) >= 11 is 0. The fourth-order valence-electron chi connectivity index (χ4n) is 2.58. The number of benzene rings is 1. The number of allylic oxidation sites excluding steroid dienone is 1. The van der Waals surface area contributed by atoms with Gasteiger partial charge >= 0.3 is 0 Å². The van der Waals surface area contributed by atoms with E-state index in [1.165, 1.54) is 36.8 Å². The van der Waals surface area contributed by atoms with Crippen molar-refractivity contribution in [3.8, 4) is 0 Å². The molecule has 1 unspecified atom stereocenters. The highest BCUT2D eigenvalue weighted by Crippen LogP contribution is 2.30. The van der Waals surface area contributed by atoms with Gasteiger partial charge in [0.1, 0.15) is 0 Å². The van der Waals surface area contributed by atoms with Crippen LogP contribution in [0.1, 0.15) is 42.9 Å². The average molecular weight is 215 g/mol. The standard InChI is InChI=1S/C15H21N/c1-12-8-6-7-11-14(12)15(16-2)13-9-4-3-5-10-13/h6-9,11,15-16H,3-5,10H2,1-2H3. The van der Waals surface area contributed by atoms with Crippen molar-refractivity contribution >= 4 is 0 Å². The van der Waals surface area contributed by atoms with Gasteiger partial charge in [-0.05, 0) is 50.8 Å². The van der Waals surface area contributed by atoms with Crippen molar-refractivity contribution in [2.24, 2.45) is 0 Å². The predicted molar refractivity (Wildman–Crippen MR) is 69.5 cm³/mol. The van der Waals surface area contributed by atoms with E-state index in [1.807, 2.05) is 0 Å². The number of hydrogen-bond donors (Lipinski definition) is 1. The second-order valence-corrected chi connectivity index (χ2v) is 4.60. The Morgan fingerprint density at radius 3 is 2.62 bits per heavy atom. The molecule has 1 atom stereocenters. The summed E-state index contributed by atoms with van der Waals surface area (Å²) in [6, 6.07) is 9.10. The van der Waals surface area contributed by atoms with Crippen molar-refractivity contribution in [2.45, 2.75) is 38.6 Å². The molecule has 86 valence electrons. The monoisotopic (exact) mass is 215 g/mol. The zero-order valence-electron chi connectivity index (χ0n) is 10.3. The second-order valence-electron chi connectivity index (χ2n) is 4.60. The summed E-state index contributed by atoms with van der Waals surface area (Å²) in [5.74, 6) is 0. The van der Waals surface area contributed by atoms with Crippen LogP contribution in [0.25, 0.3) is 0 Å². The molecule has 1 N–H and O–H groups in total. The number of hydrogen-bond acceptors (Lipinski definition) is 1. The third kappa shape index (κ3) is 2.35. The van der Waals surface area contributed by atoms with Crippen LogP contribution in [0.5, 0.6) is 0 Å². The van der Waals surface area contributed by atoms with E-state index in [9.17, 15) is 0 Å². The Morgan fingerprint density at radius 2 is 2.00 bits per heavy atom. The van der Waals surface area contributed by atoms with Crippen LogP contribution in [-0.2, 0) is 0 Å². The molecule has 0 bridgehead atoms. The third-order valence-corrected chi connectivity index (χ3v) is 3.49. The molecule has 0 aromatic heterocycles. The van der Waals surface area contributed by atoms with Crippen LogP contribution >= 0.6 is 0 Å². The minimum atomic E-state index is 0.418. The van der Waals surface area contributed by atoms with Crippen LogP contribution in [-0.4, -0.2) is 7.05 Å². The van der Waals surface area contributed by atoms with E-state index in [-0.39, 0.29) is 0 Å². The zero-order valence-corrected chi connectivity index (χ0v) is 10.3. The molecule has 1 aliphatic rings. The molecular formula is C15H21N. The maximum Gasteiger partial charge on any atom is 0.0536 e. The molecule has 0 fully saturated rings. The predicted octanol–water partition coefficient (Wildman–Crippen LogP) is 3.76. The van der Waals surface area contributed by atoms with Crippen molar-refractivity contribution < 1.29 is 0 Å². The molecular weight excluding hydrogens is 194 g/mol. The summed E-state index contributed by atoms with van der Waals surface area (Å²) in [6.07, 6.45) is 7.62. The summed E-state index contributed by atoms with van der Waals surface area (Å²) in [7, 11) is 2.06. The molecule has 1 heteroatoms. The van der Waals surface area contributed by atoms with E-state index in [2.05, 4.69) is 49.6 Å². The van der Waals surface area contributed by atoms with E-state index in [4.69, 9.17) is 0 Å². The van der Waals surface area contributed by atoms with E-state index >= 15 is 0 Å². The Morgan fingerprint density at radius 1 is 1.19 bits per heavy atom. The molecule has 0 amide bonds. The molecule has 0 heterocycles. The first-order chi connectivity index (χ1) is 7.83. The highest BCUT2D eigenvalue weighted by Gasteiger charge is 2.17. The molecule has 1 aromatic carbocycles. The molecule has 1 aromatic rings. The van der Waals surface area contributed by atoms with E-state index in [0.29, 0.717) is 6.04 Å². The van der Waals surface area contributed by atoms with E-state index < -0.39 is 0 Å². The molecule has 1 aliphatic carbocycles. The zero-order chi connectivity index (χ0) is 11.4. The van der Waals surface area contributed by atoms with Crippen molar-refractivity contribution in [3.05, 3.63) is 47.0 Å². The quantitative estimate of drug-likeness (QED) is 0.757. The number of nitrogens with one attached hydrogen (secondary N) is 1. The van der Waals surface area contributed by atoms with Gasteiger partial charge in [0.2, 0.25) is 0 Å². The number of rotatable bonds is 3. The smallest absolute Gasteiger partial charge is 0.0536 e. The summed E-state index contributed by atoms with van der Waals surface area (Å²) in [5.41, 5.74) is 4.38. The van der Waals surface area contributed by atoms with Crippen molar-refractivity contribution in [1.29, 1.82) is 0 Å². The molecule has 2 rings (SSSR count). The van der Waals surface area contributed by atoms with Crippen LogP contribution < -0.4 is 5.32 Å². The van der Waals surface area contributed by atoms with Crippen molar-refractivity contribution in [1.82, 2.24) is 5.32 Å². The topological polar surface area (TPSA) is 12.0 Å². The van der Waals surface area contributed by atoms with Gasteiger partial charge < -0.3 is 5.32 Å². The molecule has 0 saturated carbocycles. The second kappa shape index (κ2) is 5.31. The van der Waals surface area contributed by atoms with Gasteiger partial charge in [-0.15, -0.1) is 0 Å². The molecule has 16 heavy (non-hydrogen) atoms. The Kier molecular flexibility index (Phi) is 3.79. The van der Waals surface area contributed by atoms with Gasteiger partial charge in [-0.1, -0.05) is 35.9 Å². The van der Waals surface area contributed by atoms with Gasteiger partial charge in [-0.25, -0.2) is 0 Å². The summed E-state index contributed by atoms with van der Waals surface area (Å²) in [6.45, 7) is 2.20. The maximum absolute atomic E-state index is 3.46. The van der Waals surface area contributed by atoms with E-state index in [1.54, 1.807) is 5.57 Å². The largest absolute Gasteiger partial charge is 0.310 e. The lowest BCUT2D eigenvalue weighted by Gasteiger charge is -2.24. The van der Waals surface area contributed by atoms with Crippen LogP contribution in [0.4, 0.5) is 0 Å². The molecule has 1 nitrogen and oxygen atoms in total. The minimum Gasteiger partial charge on any atom is -0.310 e. The maximum atomic E-state index is 3.46. The fourth-order valence-corrected chi connectivity index (χ4v) is 2.58. The van der Waals surface area contributed by atoms with Crippen LogP contribution in [0.15, 0.2) is 35.9 Å². The SMILES string of the molecule is CNC(C1=CCCCC1)c1ccccc1C. The summed E-state index contributed by atoms with van der Waals surface area (Å²) < 4.78 is 0. The van der Waals surface area contributed by atoms with Crippen molar-refractivity contribution in [3.63, 3.8) is 0 Å². The lowest BCUT2D eigenvalue weighted by Crippen LogP contribution is -2.20. The highest BCUT2D eigenvalue weighted by molar-refractivity contribution is 5.35. The van der Waals surface area contributed by atoms with Crippen LogP contribution in [0.2, 0.25) is 0 Å². The molecule has 0 saturated heterocycles. The third-order valence-electron chi connectivity index (χ3n) is 3.49. The molecule has 0 aliphatic heterocycles. The lowest BCUT2D eigenvalue weighted by atomic mass is 9.88. The normalized spacial score (nSPS) is 18.0. The van der Waals surface area contributed by atoms with Crippen molar-refractivity contribution in [2.75, 3.05) is 7.05 Å². The van der Waals surface area contributed by atoms with Gasteiger partial charge in [0.15, 0.2) is 0 Å². The first-order valence-electron chi connectivity index (χ1n) is 6.24. The lowest BCUT2D eigenvalue weighted by molar-refractivity contribution is 0.591. The molecule has 0 radical (unpaired) electrons.